The molecular formula is C7H13ClO4Si. The summed E-state index contributed by atoms with van der Waals surface area (Å²) in [6.07, 6.45) is 0.693. The van der Waals surface area contributed by atoms with Gasteiger partial charge in [-0.1, -0.05) is 0 Å². The molecule has 0 rings (SSSR count). The first-order valence-electron chi connectivity index (χ1n) is 3.96. The molecule has 0 aliphatic heterocycles. The predicted molar refractivity (Wildman–Crippen MR) is 50.8 cm³/mol. The molecule has 0 saturated heterocycles. The summed E-state index contributed by atoms with van der Waals surface area (Å²) in [5, 5.41) is 0. The highest BCUT2D eigenvalue weighted by Gasteiger charge is 2.18. The minimum Gasteiger partial charge on any atom is -0.487 e. The van der Waals surface area contributed by atoms with E-state index >= 15 is 0 Å². The van der Waals surface area contributed by atoms with Gasteiger partial charge in [0.05, 0.1) is 0 Å². The van der Waals surface area contributed by atoms with Crippen LogP contribution in [0.4, 0.5) is 0 Å². The van der Waals surface area contributed by atoms with E-state index in [4.69, 9.17) is 20.5 Å². The fraction of sp³-hybridized carbons (Fsp3) is 0.714. The molecule has 0 aromatic rings. The first-order chi connectivity index (χ1) is 6.06. The van der Waals surface area contributed by atoms with Crippen molar-refractivity contribution in [3.63, 3.8) is 0 Å². The van der Waals surface area contributed by atoms with Crippen LogP contribution in [0.1, 0.15) is 20.3 Å². The Hall–Kier alpha value is -0.553. The minimum atomic E-state index is -2.15. The molecule has 0 saturated carbocycles. The summed E-state index contributed by atoms with van der Waals surface area (Å²) < 4.78 is 9.72. The molecule has 0 heterocycles. The van der Waals surface area contributed by atoms with Crippen LogP contribution in [0.3, 0.4) is 0 Å². The van der Waals surface area contributed by atoms with Gasteiger partial charge in [-0.3, -0.25) is 9.59 Å². The molecule has 0 N–H and O–H groups in total. The standard InChI is InChI=1S/C7H13ClO4Si/c1-6(9)11-13(5-3-4-8)12-7(2)10/h13H,3-5H2,1-2H3. The molecule has 0 radical (unpaired) electrons. The Morgan fingerprint density at radius 1 is 1.23 bits per heavy atom. The third kappa shape index (κ3) is 7.80. The topological polar surface area (TPSA) is 52.6 Å². The highest BCUT2D eigenvalue weighted by atomic mass is 35.5. The molecule has 0 aliphatic carbocycles. The maximum absolute atomic E-state index is 10.6. The third-order valence-corrected chi connectivity index (χ3v) is 3.50. The molecule has 0 bridgehead atoms. The van der Waals surface area contributed by atoms with Crippen molar-refractivity contribution in [2.24, 2.45) is 0 Å². The summed E-state index contributed by atoms with van der Waals surface area (Å²) in [4.78, 5) is 21.2. The van der Waals surface area contributed by atoms with E-state index in [1.807, 2.05) is 0 Å². The average molecular weight is 225 g/mol. The number of rotatable bonds is 5. The second-order valence-corrected chi connectivity index (χ2v) is 4.77. The van der Waals surface area contributed by atoms with Crippen molar-refractivity contribution in [3.8, 4) is 0 Å². The molecule has 6 heteroatoms. The summed E-state index contributed by atoms with van der Waals surface area (Å²) in [5.41, 5.74) is 0. The van der Waals surface area contributed by atoms with Crippen LogP contribution in [-0.2, 0) is 18.4 Å². The van der Waals surface area contributed by atoms with E-state index in [0.29, 0.717) is 18.3 Å². The highest BCUT2D eigenvalue weighted by molar-refractivity contribution is 6.48. The molecule has 0 unspecified atom stereocenters. The van der Waals surface area contributed by atoms with Gasteiger partial charge in [-0.05, 0) is 6.42 Å². The lowest BCUT2D eigenvalue weighted by atomic mass is 10.6. The summed E-state index contributed by atoms with van der Waals surface area (Å²) >= 11 is 5.46. The molecule has 0 aromatic carbocycles. The molecule has 0 spiro atoms. The van der Waals surface area contributed by atoms with Gasteiger partial charge < -0.3 is 8.85 Å². The number of carbonyl (C=O) groups excluding carboxylic acids is 2. The smallest absolute Gasteiger partial charge is 0.448 e. The SMILES string of the molecule is CC(=O)O[SiH](CCCCl)OC(C)=O. The van der Waals surface area contributed by atoms with Crippen LogP contribution in [0, 0.1) is 0 Å². The molecule has 76 valence electrons. The molecule has 13 heavy (non-hydrogen) atoms. The molecule has 0 amide bonds. The van der Waals surface area contributed by atoms with Gasteiger partial charge in [0.15, 0.2) is 0 Å². The summed E-state index contributed by atoms with van der Waals surface area (Å²) in [5.74, 6) is -0.341. The first-order valence-corrected chi connectivity index (χ1v) is 6.26. The van der Waals surface area contributed by atoms with E-state index in [-0.39, 0.29) is 0 Å². The van der Waals surface area contributed by atoms with Gasteiger partial charge in [-0.2, -0.15) is 0 Å². The Morgan fingerprint density at radius 2 is 1.69 bits per heavy atom. The average Bonchev–Trinajstić information content (AvgIpc) is 1.98. The minimum absolute atomic E-state index is 0.410. The predicted octanol–water partition coefficient (Wildman–Crippen LogP) is 0.962. The molecular weight excluding hydrogens is 212 g/mol. The van der Waals surface area contributed by atoms with Crippen molar-refractivity contribution in [1.82, 2.24) is 0 Å². The summed E-state index contributed by atoms with van der Waals surface area (Å²) in [6.45, 7) is 2.59. The van der Waals surface area contributed by atoms with Gasteiger partial charge in [-0.25, -0.2) is 0 Å². The van der Waals surface area contributed by atoms with Crippen LogP contribution in [0.15, 0.2) is 0 Å². The second kappa shape index (κ2) is 6.91. The zero-order valence-electron chi connectivity index (χ0n) is 7.71. The summed E-state index contributed by atoms with van der Waals surface area (Å²) in [6, 6.07) is 0.572. The van der Waals surface area contributed by atoms with Crippen LogP contribution in [0.2, 0.25) is 6.04 Å². The molecule has 0 aromatic heterocycles. The van der Waals surface area contributed by atoms with Gasteiger partial charge in [0.2, 0.25) is 0 Å². The molecule has 0 fully saturated rings. The number of alkyl halides is 1. The number of halogens is 1. The van der Waals surface area contributed by atoms with E-state index in [2.05, 4.69) is 0 Å². The second-order valence-electron chi connectivity index (χ2n) is 2.48. The highest BCUT2D eigenvalue weighted by Crippen LogP contribution is 2.03. The van der Waals surface area contributed by atoms with Gasteiger partial charge in [0.1, 0.15) is 0 Å². The number of hydrogen-bond acceptors (Lipinski definition) is 4. The van der Waals surface area contributed by atoms with Crippen molar-refractivity contribution in [2.45, 2.75) is 26.3 Å². The Kier molecular flexibility index (Phi) is 6.62. The van der Waals surface area contributed by atoms with E-state index in [1.54, 1.807) is 0 Å². The maximum atomic E-state index is 10.6. The maximum Gasteiger partial charge on any atom is 0.448 e. The number of carbonyl (C=O) groups is 2. The van der Waals surface area contributed by atoms with E-state index in [1.165, 1.54) is 13.8 Å². The lowest BCUT2D eigenvalue weighted by Gasteiger charge is -2.13. The van der Waals surface area contributed by atoms with Crippen molar-refractivity contribution >= 4 is 32.8 Å². The Bertz CT molecular complexity index is 169. The fourth-order valence-corrected chi connectivity index (χ4v) is 2.73. The van der Waals surface area contributed by atoms with Crippen LogP contribution in [0.5, 0.6) is 0 Å². The fourth-order valence-electron chi connectivity index (χ4n) is 0.756. The molecule has 0 aliphatic rings. The van der Waals surface area contributed by atoms with Crippen LogP contribution < -0.4 is 0 Å². The van der Waals surface area contributed by atoms with Crippen molar-refractivity contribution in [2.75, 3.05) is 5.88 Å². The van der Waals surface area contributed by atoms with Crippen molar-refractivity contribution in [3.05, 3.63) is 0 Å². The van der Waals surface area contributed by atoms with E-state index in [9.17, 15) is 9.59 Å². The monoisotopic (exact) mass is 224 g/mol. The zero-order chi connectivity index (χ0) is 10.3. The lowest BCUT2D eigenvalue weighted by Crippen LogP contribution is -2.27. The van der Waals surface area contributed by atoms with Gasteiger partial charge in [-0.15, -0.1) is 11.6 Å². The van der Waals surface area contributed by atoms with Crippen LogP contribution in [-0.4, -0.2) is 27.1 Å². The Morgan fingerprint density at radius 3 is 2.00 bits per heavy atom. The van der Waals surface area contributed by atoms with Gasteiger partial charge in [0.25, 0.3) is 11.9 Å². The Balaban J connectivity index is 3.87. The van der Waals surface area contributed by atoms with Crippen LogP contribution in [0.25, 0.3) is 0 Å². The van der Waals surface area contributed by atoms with Gasteiger partial charge in [0, 0.05) is 25.8 Å². The lowest BCUT2D eigenvalue weighted by molar-refractivity contribution is -0.137. The third-order valence-electron chi connectivity index (χ3n) is 1.17. The van der Waals surface area contributed by atoms with Crippen molar-refractivity contribution < 1.29 is 18.4 Å². The van der Waals surface area contributed by atoms with E-state index < -0.39 is 21.2 Å². The normalized spacial score (nSPS) is 9.85. The zero-order valence-corrected chi connectivity index (χ0v) is 9.62. The first kappa shape index (κ1) is 12.4. The molecule has 4 nitrogen and oxygen atoms in total. The quantitative estimate of drug-likeness (QED) is 0.516. The number of hydrogen-bond donors (Lipinski definition) is 0. The summed E-state index contributed by atoms with van der Waals surface area (Å²) in [7, 11) is -2.15. The Labute approximate surface area is 84.0 Å². The van der Waals surface area contributed by atoms with E-state index in [0.717, 1.165) is 0 Å². The van der Waals surface area contributed by atoms with Crippen molar-refractivity contribution in [1.29, 1.82) is 0 Å². The van der Waals surface area contributed by atoms with Gasteiger partial charge >= 0.3 is 9.28 Å². The molecule has 0 atom stereocenters. The largest absolute Gasteiger partial charge is 0.487 e. The van der Waals surface area contributed by atoms with Crippen LogP contribution >= 0.6 is 11.6 Å².